The van der Waals surface area contributed by atoms with Crippen molar-refractivity contribution in [2.45, 2.75) is 168 Å². The van der Waals surface area contributed by atoms with Crippen molar-refractivity contribution >= 4 is 59.7 Å². The Balaban J connectivity index is 2.74. The second-order valence-electron chi connectivity index (χ2n) is 12.1. The molecule has 2 fully saturated rings. The lowest BCUT2D eigenvalue weighted by molar-refractivity contribution is -0.300. The Morgan fingerprint density at radius 2 is 0.526 bits per heavy atom. The largest absolute Gasteiger partial charge is 0.455 e. The van der Waals surface area contributed by atoms with Crippen molar-refractivity contribution in [3.05, 3.63) is 0 Å². The molecular weight excluding hydrogens is 768 g/mol. The van der Waals surface area contributed by atoms with Crippen molar-refractivity contribution in [3.63, 3.8) is 0 Å². The Morgan fingerprint density at radius 3 is 0.772 bits per heavy atom. The first-order valence-electron chi connectivity index (χ1n) is 18.6. The molecule has 2 rings (SSSR count). The minimum absolute atomic E-state index is 0.231. The molecule has 21 heteroatoms. The Labute approximate surface area is 327 Å². The van der Waals surface area contributed by atoms with Crippen molar-refractivity contribution in [3.8, 4) is 0 Å². The summed E-state index contributed by atoms with van der Waals surface area (Å²) in [6, 6.07) is 0. The Kier molecular flexibility index (Phi) is 19.5. The summed E-state index contributed by atoms with van der Waals surface area (Å²) in [6.45, 7) is 11.2. The van der Waals surface area contributed by atoms with Gasteiger partial charge < -0.3 is 52.1 Å². The van der Waals surface area contributed by atoms with Crippen LogP contribution in [0.4, 0.5) is 0 Å². The van der Waals surface area contributed by atoms with Gasteiger partial charge in [0, 0.05) is 51.4 Å². The van der Waals surface area contributed by atoms with Gasteiger partial charge in [-0.25, -0.2) is 9.59 Å². The Hall–Kier alpha value is -5.18. The van der Waals surface area contributed by atoms with E-state index in [0.29, 0.717) is 0 Å². The number of carbonyl (C=O) groups excluding carboxylic acids is 10. The lowest BCUT2D eigenvalue weighted by Crippen LogP contribution is -2.66. The second-order valence-corrected chi connectivity index (χ2v) is 12.1. The predicted octanol–water partition coefficient (Wildman–Crippen LogP) is 1.34. The van der Waals surface area contributed by atoms with Gasteiger partial charge in [0.15, 0.2) is 36.6 Å². The quantitative estimate of drug-likeness (QED) is 0.107. The van der Waals surface area contributed by atoms with E-state index in [1.54, 1.807) is 0 Å². The van der Waals surface area contributed by atoms with Crippen LogP contribution in [0.25, 0.3) is 0 Å². The van der Waals surface area contributed by atoms with Crippen LogP contribution in [0.5, 0.6) is 0 Å². The molecule has 57 heavy (non-hydrogen) atoms. The smallest absolute Gasteiger partial charge is 0.347 e. The van der Waals surface area contributed by atoms with Gasteiger partial charge in [-0.2, -0.15) is 0 Å². The molecule has 2 saturated heterocycles. The highest BCUT2D eigenvalue weighted by molar-refractivity contribution is 5.91. The summed E-state index contributed by atoms with van der Waals surface area (Å²) in [7, 11) is 0. The zero-order valence-electron chi connectivity index (χ0n) is 33.0. The van der Waals surface area contributed by atoms with E-state index in [1.807, 2.05) is 0 Å². The van der Waals surface area contributed by atoms with E-state index in [1.165, 1.54) is 55.4 Å². The van der Waals surface area contributed by atoms with Crippen molar-refractivity contribution in [1.82, 2.24) is 0 Å². The molecule has 0 spiro atoms. The van der Waals surface area contributed by atoms with Crippen LogP contribution in [0.15, 0.2) is 0 Å². The molecule has 2 heterocycles. The number of hydrogen-bond acceptors (Lipinski definition) is 21. The summed E-state index contributed by atoms with van der Waals surface area (Å²) >= 11 is 0. The number of ether oxygens (including phenoxy) is 11. The standard InChI is InChI=1S/C36H50O21/c1-9-17(37)47-25-27(49-19(39)11-3)31(51-21(41)13-5)35(53-23(43)15-7)55-29(25)33(45)57-34(46)30-26(48-18(38)10-2)28(50-20(40)12-4)32(52-22(42)14-6)36(56-30)54-24(44)16-8/h25-32,35-36H,9-16H2,1-8H3/t25-,26-,27-,28-,29-,30-,31+,32+,35?,36?/m0/s1. The average molecular weight is 819 g/mol. The van der Waals surface area contributed by atoms with Crippen molar-refractivity contribution in [2.24, 2.45) is 0 Å². The van der Waals surface area contributed by atoms with Gasteiger partial charge in [-0.15, -0.1) is 0 Å². The van der Waals surface area contributed by atoms with Gasteiger partial charge in [-0.05, 0) is 0 Å². The maximum absolute atomic E-state index is 14.0. The summed E-state index contributed by atoms with van der Waals surface area (Å²) in [4.78, 5) is 129. The number of rotatable bonds is 18. The molecule has 0 aromatic heterocycles. The first-order valence-corrected chi connectivity index (χ1v) is 18.6. The summed E-state index contributed by atoms with van der Waals surface area (Å²) in [5, 5.41) is 0. The highest BCUT2D eigenvalue weighted by Crippen LogP contribution is 2.34. The Morgan fingerprint density at radius 1 is 0.316 bits per heavy atom. The molecule has 0 aliphatic carbocycles. The van der Waals surface area contributed by atoms with Gasteiger partial charge in [0.1, 0.15) is 0 Å². The molecule has 0 bridgehead atoms. The van der Waals surface area contributed by atoms with Gasteiger partial charge in [-0.1, -0.05) is 55.4 Å². The van der Waals surface area contributed by atoms with Crippen LogP contribution in [-0.2, 0) is 100 Å². The van der Waals surface area contributed by atoms with E-state index in [2.05, 4.69) is 0 Å². The monoisotopic (exact) mass is 818 g/mol. The van der Waals surface area contributed by atoms with Crippen LogP contribution in [0.2, 0.25) is 0 Å². The lowest BCUT2D eigenvalue weighted by atomic mass is 9.96. The topological polar surface area (TPSA) is 272 Å². The first-order chi connectivity index (χ1) is 27.0. The van der Waals surface area contributed by atoms with Crippen LogP contribution in [0, 0.1) is 0 Å². The molecule has 10 atom stereocenters. The molecule has 0 amide bonds. The summed E-state index contributed by atoms with van der Waals surface area (Å²) in [5.74, 6) is -11.0. The maximum Gasteiger partial charge on any atom is 0.347 e. The zero-order chi connectivity index (χ0) is 43.0. The van der Waals surface area contributed by atoms with Crippen LogP contribution >= 0.6 is 0 Å². The fraction of sp³-hybridized carbons (Fsp3) is 0.722. The highest BCUT2D eigenvalue weighted by Gasteiger charge is 2.59. The molecular formula is C36H50O21. The zero-order valence-corrected chi connectivity index (χ0v) is 33.0. The van der Waals surface area contributed by atoms with Gasteiger partial charge in [0.05, 0.1) is 0 Å². The molecule has 21 nitrogen and oxygen atoms in total. The van der Waals surface area contributed by atoms with Gasteiger partial charge in [0.25, 0.3) is 0 Å². The summed E-state index contributed by atoms with van der Waals surface area (Å²) < 4.78 is 59.7. The van der Waals surface area contributed by atoms with Crippen molar-refractivity contribution in [2.75, 3.05) is 0 Å². The fourth-order valence-electron chi connectivity index (χ4n) is 5.02. The van der Waals surface area contributed by atoms with E-state index in [4.69, 9.17) is 52.1 Å². The predicted molar refractivity (Wildman–Crippen MR) is 182 cm³/mol. The third-order valence-corrected chi connectivity index (χ3v) is 8.07. The SMILES string of the molecule is CCC(=O)OC1O[C@H](C(=O)OC(=O)[C@H]2OC(OC(=O)CC)[C@H](OC(=O)CC)[C@@H](OC(=O)CC)[C@@H]2OC(=O)CC)[C@@H](OC(=O)CC)[C@H](OC(=O)CC)[C@H]1OC(=O)CC. The summed E-state index contributed by atoms with van der Waals surface area (Å²) in [6.07, 6.45) is -22.2. The van der Waals surface area contributed by atoms with E-state index >= 15 is 0 Å². The molecule has 0 aromatic carbocycles. The third-order valence-electron chi connectivity index (χ3n) is 8.07. The maximum atomic E-state index is 14.0. The summed E-state index contributed by atoms with van der Waals surface area (Å²) in [5.41, 5.74) is 0. The number of hydrogen-bond donors (Lipinski definition) is 0. The second kappa shape index (κ2) is 23.1. The van der Waals surface area contributed by atoms with E-state index in [9.17, 15) is 47.9 Å². The lowest BCUT2D eigenvalue weighted by Gasteiger charge is -2.44. The van der Waals surface area contributed by atoms with E-state index in [0.717, 1.165) is 0 Å². The van der Waals surface area contributed by atoms with Crippen LogP contribution in [-0.4, -0.2) is 121 Å². The first kappa shape index (κ1) is 48.0. The highest BCUT2D eigenvalue weighted by atomic mass is 16.8. The average Bonchev–Trinajstić information content (AvgIpc) is 3.20. The van der Waals surface area contributed by atoms with Crippen LogP contribution in [0.1, 0.15) is 107 Å². The molecule has 0 aromatic rings. The van der Waals surface area contributed by atoms with E-state index < -0.39 is 121 Å². The van der Waals surface area contributed by atoms with Crippen LogP contribution in [0.3, 0.4) is 0 Å². The minimum Gasteiger partial charge on any atom is -0.455 e. The number of esters is 10. The molecule has 2 aliphatic rings. The fourth-order valence-corrected chi connectivity index (χ4v) is 5.02. The molecule has 320 valence electrons. The Bertz CT molecular complexity index is 1380. The molecule has 2 aliphatic heterocycles. The third kappa shape index (κ3) is 13.5. The van der Waals surface area contributed by atoms with Crippen molar-refractivity contribution in [1.29, 1.82) is 0 Å². The molecule has 0 radical (unpaired) electrons. The molecule has 0 N–H and O–H groups in total. The van der Waals surface area contributed by atoms with Gasteiger partial charge in [-0.3, -0.25) is 38.4 Å². The van der Waals surface area contributed by atoms with Crippen molar-refractivity contribution < 1.29 is 100 Å². The van der Waals surface area contributed by atoms with Gasteiger partial charge >= 0.3 is 59.7 Å². The normalized spacial score (nSPS) is 26.7. The number of carbonyl (C=O) groups is 10. The molecule has 2 unspecified atom stereocenters. The molecule has 0 saturated carbocycles. The van der Waals surface area contributed by atoms with Gasteiger partial charge in [0.2, 0.25) is 24.8 Å². The van der Waals surface area contributed by atoms with Crippen LogP contribution < -0.4 is 0 Å². The van der Waals surface area contributed by atoms with E-state index in [-0.39, 0.29) is 51.4 Å². The minimum atomic E-state index is -2.27.